The van der Waals surface area contributed by atoms with E-state index in [0.29, 0.717) is 42.3 Å². The third-order valence-electron chi connectivity index (χ3n) is 6.68. The molecule has 212 valence electrons. The molecule has 10 heteroatoms. The molecule has 3 N–H and O–H groups in total. The Kier molecular flexibility index (Phi) is 10.1. The minimum Gasteiger partial charge on any atom is -0.497 e. The molecular weight excluding hydrogens is 510 g/mol. The Balaban J connectivity index is 1.49. The van der Waals surface area contributed by atoms with Crippen LogP contribution >= 0.6 is 0 Å². The van der Waals surface area contributed by atoms with Gasteiger partial charge in [-0.1, -0.05) is 18.2 Å². The van der Waals surface area contributed by atoms with Crippen molar-refractivity contribution in [2.75, 3.05) is 81.1 Å². The zero-order valence-electron chi connectivity index (χ0n) is 23.2. The van der Waals surface area contributed by atoms with E-state index in [4.69, 9.17) is 14.2 Å². The van der Waals surface area contributed by atoms with E-state index in [1.807, 2.05) is 30.3 Å². The monoisotopic (exact) mass is 547 g/mol. The SMILES string of the molecule is COCCCNC(=O)c1cc(NC(=O)Nc2cccc(OC)c2)ccc1N1CCN(c2ccccc2OC)CC1. The fourth-order valence-corrected chi connectivity index (χ4v) is 4.66. The van der Waals surface area contributed by atoms with Crippen molar-refractivity contribution in [3.8, 4) is 11.5 Å². The van der Waals surface area contributed by atoms with Crippen LogP contribution in [0, 0.1) is 0 Å². The standard InChI is InChI=1S/C30H37N5O5/c1-38-19-7-14-31-29(36)25-21-23(33-30(37)32-22-8-6-9-24(20-22)39-2)12-13-26(25)34-15-17-35(18-16-34)27-10-4-5-11-28(27)40-3/h4-6,8-13,20-21H,7,14-19H2,1-3H3,(H,31,36)(H2,32,33,37). The third-order valence-corrected chi connectivity index (χ3v) is 6.68. The first-order chi connectivity index (χ1) is 19.5. The Labute approximate surface area is 235 Å². The lowest BCUT2D eigenvalue weighted by Crippen LogP contribution is -2.47. The first-order valence-electron chi connectivity index (χ1n) is 13.3. The number of rotatable bonds is 11. The van der Waals surface area contributed by atoms with E-state index in [9.17, 15) is 9.59 Å². The first-order valence-corrected chi connectivity index (χ1v) is 13.3. The number of amides is 3. The number of nitrogens with one attached hydrogen (secondary N) is 3. The molecule has 0 atom stereocenters. The number of benzene rings is 3. The van der Waals surface area contributed by atoms with Gasteiger partial charge in [0.25, 0.3) is 5.91 Å². The summed E-state index contributed by atoms with van der Waals surface area (Å²) in [7, 11) is 4.89. The first kappa shape index (κ1) is 28.6. The van der Waals surface area contributed by atoms with Crippen molar-refractivity contribution in [1.82, 2.24) is 5.32 Å². The summed E-state index contributed by atoms with van der Waals surface area (Å²) in [6, 6.07) is 20.1. The highest BCUT2D eigenvalue weighted by atomic mass is 16.5. The molecule has 10 nitrogen and oxygen atoms in total. The fraction of sp³-hybridized carbons (Fsp3) is 0.333. The Morgan fingerprint density at radius 1 is 0.775 bits per heavy atom. The molecule has 0 aromatic heterocycles. The maximum Gasteiger partial charge on any atom is 0.323 e. The van der Waals surface area contributed by atoms with E-state index in [-0.39, 0.29) is 5.91 Å². The lowest BCUT2D eigenvalue weighted by molar-refractivity contribution is 0.0949. The Hall–Kier alpha value is -4.44. The van der Waals surface area contributed by atoms with Crippen LogP contribution in [-0.2, 0) is 4.74 Å². The minimum atomic E-state index is -0.419. The Morgan fingerprint density at radius 3 is 2.17 bits per heavy atom. The van der Waals surface area contributed by atoms with Gasteiger partial charge in [0.2, 0.25) is 0 Å². The van der Waals surface area contributed by atoms with Crippen LogP contribution in [-0.4, -0.2) is 72.6 Å². The highest BCUT2D eigenvalue weighted by Gasteiger charge is 2.24. The molecule has 0 bridgehead atoms. The molecule has 0 radical (unpaired) electrons. The fourth-order valence-electron chi connectivity index (χ4n) is 4.66. The highest BCUT2D eigenvalue weighted by Crippen LogP contribution is 2.31. The Morgan fingerprint density at radius 2 is 1.48 bits per heavy atom. The van der Waals surface area contributed by atoms with E-state index in [0.717, 1.165) is 43.3 Å². The molecule has 40 heavy (non-hydrogen) atoms. The van der Waals surface area contributed by atoms with Crippen molar-refractivity contribution < 1.29 is 23.8 Å². The summed E-state index contributed by atoms with van der Waals surface area (Å²) < 4.78 is 15.9. The van der Waals surface area contributed by atoms with Crippen LogP contribution in [0.1, 0.15) is 16.8 Å². The van der Waals surface area contributed by atoms with Crippen molar-refractivity contribution in [2.45, 2.75) is 6.42 Å². The number of ether oxygens (including phenoxy) is 3. The van der Waals surface area contributed by atoms with Gasteiger partial charge in [0.1, 0.15) is 11.5 Å². The van der Waals surface area contributed by atoms with Gasteiger partial charge in [-0.2, -0.15) is 0 Å². The number of urea groups is 1. The summed E-state index contributed by atoms with van der Waals surface area (Å²) in [4.78, 5) is 30.5. The number of nitrogens with zero attached hydrogens (tertiary/aromatic N) is 2. The van der Waals surface area contributed by atoms with Gasteiger partial charge in [-0.05, 0) is 48.9 Å². The van der Waals surface area contributed by atoms with E-state index >= 15 is 0 Å². The largest absolute Gasteiger partial charge is 0.497 e. The number of para-hydroxylation sites is 2. The van der Waals surface area contributed by atoms with Gasteiger partial charge in [0.05, 0.1) is 25.5 Å². The molecule has 1 aliphatic heterocycles. The van der Waals surface area contributed by atoms with Crippen molar-refractivity contribution in [3.63, 3.8) is 0 Å². The molecule has 1 fully saturated rings. The molecule has 0 spiro atoms. The average Bonchev–Trinajstić information content (AvgIpc) is 2.99. The molecule has 3 aromatic rings. The molecule has 4 rings (SSSR count). The van der Waals surface area contributed by atoms with Gasteiger partial charge in [0.15, 0.2) is 0 Å². The number of carbonyl (C=O) groups excluding carboxylic acids is 2. The van der Waals surface area contributed by atoms with Crippen LogP contribution in [0.3, 0.4) is 0 Å². The zero-order valence-corrected chi connectivity index (χ0v) is 23.2. The summed E-state index contributed by atoms with van der Waals surface area (Å²) in [5.74, 6) is 1.28. The molecule has 3 aromatic carbocycles. The molecule has 0 unspecified atom stereocenters. The van der Waals surface area contributed by atoms with Crippen LogP contribution in [0.5, 0.6) is 11.5 Å². The summed E-state index contributed by atoms with van der Waals surface area (Å²) in [5, 5.41) is 8.62. The quantitative estimate of drug-likeness (QED) is 0.305. The second-order valence-corrected chi connectivity index (χ2v) is 9.29. The highest BCUT2D eigenvalue weighted by molar-refractivity contribution is 6.04. The lowest BCUT2D eigenvalue weighted by atomic mass is 10.1. The predicted molar refractivity (Wildman–Crippen MR) is 158 cm³/mol. The van der Waals surface area contributed by atoms with Crippen molar-refractivity contribution in [2.24, 2.45) is 0 Å². The number of methoxy groups -OCH3 is 3. The average molecular weight is 548 g/mol. The van der Waals surface area contributed by atoms with E-state index in [1.54, 1.807) is 51.7 Å². The predicted octanol–water partition coefficient (Wildman–Crippen LogP) is 4.44. The number of carbonyl (C=O) groups is 2. The van der Waals surface area contributed by atoms with Gasteiger partial charge in [0, 0.05) is 69.6 Å². The van der Waals surface area contributed by atoms with E-state index in [1.165, 1.54) is 0 Å². The number of hydrogen-bond acceptors (Lipinski definition) is 7. The maximum atomic E-state index is 13.3. The van der Waals surface area contributed by atoms with Crippen LogP contribution < -0.4 is 35.2 Å². The Bertz CT molecular complexity index is 1290. The summed E-state index contributed by atoms with van der Waals surface area (Å²) >= 11 is 0. The summed E-state index contributed by atoms with van der Waals surface area (Å²) in [6.45, 7) is 4.05. The minimum absolute atomic E-state index is 0.199. The number of anilines is 4. The van der Waals surface area contributed by atoms with E-state index in [2.05, 4.69) is 31.8 Å². The van der Waals surface area contributed by atoms with Crippen molar-refractivity contribution in [3.05, 3.63) is 72.3 Å². The second kappa shape index (κ2) is 14.1. The smallest absolute Gasteiger partial charge is 0.323 e. The molecule has 1 aliphatic rings. The molecule has 3 amide bonds. The van der Waals surface area contributed by atoms with Gasteiger partial charge in [-0.25, -0.2) is 4.79 Å². The van der Waals surface area contributed by atoms with Gasteiger partial charge >= 0.3 is 6.03 Å². The third kappa shape index (κ3) is 7.35. The number of hydrogen-bond donors (Lipinski definition) is 3. The van der Waals surface area contributed by atoms with E-state index < -0.39 is 6.03 Å². The molecule has 1 heterocycles. The molecule has 1 saturated heterocycles. The van der Waals surface area contributed by atoms with Gasteiger partial charge in [-0.15, -0.1) is 0 Å². The molecule has 0 saturated carbocycles. The lowest BCUT2D eigenvalue weighted by Gasteiger charge is -2.38. The van der Waals surface area contributed by atoms with Crippen LogP contribution in [0.25, 0.3) is 0 Å². The zero-order chi connectivity index (χ0) is 28.3. The van der Waals surface area contributed by atoms with Crippen molar-refractivity contribution >= 4 is 34.7 Å². The van der Waals surface area contributed by atoms with Gasteiger partial charge in [-0.3, -0.25) is 4.79 Å². The molecular formula is C30H37N5O5. The van der Waals surface area contributed by atoms with Crippen LogP contribution in [0.15, 0.2) is 66.7 Å². The summed E-state index contributed by atoms with van der Waals surface area (Å²) in [6.07, 6.45) is 0.704. The van der Waals surface area contributed by atoms with Crippen molar-refractivity contribution in [1.29, 1.82) is 0 Å². The topological polar surface area (TPSA) is 104 Å². The van der Waals surface area contributed by atoms with Crippen LogP contribution in [0.4, 0.5) is 27.5 Å². The van der Waals surface area contributed by atoms with Crippen LogP contribution in [0.2, 0.25) is 0 Å². The molecule has 0 aliphatic carbocycles. The summed E-state index contributed by atoms with van der Waals surface area (Å²) in [5.41, 5.74) is 3.49. The normalized spacial score (nSPS) is 13.0. The maximum absolute atomic E-state index is 13.3. The number of piperazine rings is 1. The van der Waals surface area contributed by atoms with Gasteiger partial charge < -0.3 is 40.0 Å². The second-order valence-electron chi connectivity index (χ2n) is 9.29.